The summed E-state index contributed by atoms with van der Waals surface area (Å²) in [6.07, 6.45) is -4.75. The van der Waals surface area contributed by atoms with E-state index in [4.69, 9.17) is 0 Å². The highest BCUT2D eigenvalue weighted by Gasteiger charge is 2.40. The molecule has 0 aliphatic rings. The SMILES string of the molecule is O=C(S)N(c1ccccc1)C(F)(F)F. The lowest BCUT2D eigenvalue weighted by Crippen LogP contribution is -2.39. The van der Waals surface area contributed by atoms with E-state index in [0.717, 1.165) is 0 Å². The van der Waals surface area contributed by atoms with Crippen LogP contribution in [0, 0.1) is 0 Å². The van der Waals surface area contributed by atoms with Crippen molar-refractivity contribution < 1.29 is 18.0 Å². The van der Waals surface area contributed by atoms with Crippen LogP contribution in [0.2, 0.25) is 0 Å². The van der Waals surface area contributed by atoms with Crippen molar-refractivity contribution in [3.63, 3.8) is 0 Å². The number of alkyl halides is 3. The van der Waals surface area contributed by atoms with Gasteiger partial charge in [0.05, 0.1) is 5.69 Å². The maximum Gasteiger partial charge on any atom is 0.492 e. The number of halogens is 3. The highest BCUT2D eigenvalue weighted by atomic mass is 32.1. The van der Waals surface area contributed by atoms with E-state index in [-0.39, 0.29) is 10.6 Å². The summed E-state index contributed by atoms with van der Waals surface area (Å²) in [5, 5.41) is -1.36. The van der Waals surface area contributed by atoms with Crippen LogP contribution in [0.3, 0.4) is 0 Å². The van der Waals surface area contributed by atoms with Gasteiger partial charge in [0.25, 0.3) is 5.24 Å². The van der Waals surface area contributed by atoms with Crippen LogP contribution in [0.4, 0.5) is 23.7 Å². The van der Waals surface area contributed by atoms with Crippen LogP contribution in [-0.2, 0) is 0 Å². The maximum atomic E-state index is 12.3. The maximum absolute atomic E-state index is 12.3. The molecule has 1 amide bonds. The zero-order chi connectivity index (χ0) is 10.8. The molecule has 0 unspecified atom stereocenters. The van der Waals surface area contributed by atoms with Gasteiger partial charge in [0.2, 0.25) is 0 Å². The van der Waals surface area contributed by atoms with E-state index in [2.05, 4.69) is 12.6 Å². The lowest BCUT2D eigenvalue weighted by Gasteiger charge is -2.22. The molecule has 0 heterocycles. The van der Waals surface area contributed by atoms with Gasteiger partial charge in [-0.05, 0) is 12.1 Å². The van der Waals surface area contributed by atoms with Crippen LogP contribution in [0.5, 0.6) is 0 Å². The number of hydrogen-bond donors (Lipinski definition) is 1. The number of carbonyl (C=O) groups excluding carboxylic acids is 1. The number of amides is 1. The second-order valence-electron chi connectivity index (χ2n) is 2.42. The van der Waals surface area contributed by atoms with E-state index in [1.165, 1.54) is 24.3 Å². The molecule has 0 spiro atoms. The van der Waals surface area contributed by atoms with Crippen LogP contribution in [0.15, 0.2) is 30.3 Å². The molecule has 1 rings (SSSR count). The second kappa shape index (κ2) is 3.91. The fraction of sp³-hybridized carbons (Fsp3) is 0.125. The fourth-order valence-electron chi connectivity index (χ4n) is 0.942. The van der Waals surface area contributed by atoms with Gasteiger partial charge in [-0.15, -0.1) is 13.2 Å². The Morgan fingerprint density at radius 3 is 2.07 bits per heavy atom. The van der Waals surface area contributed by atoms with Crippen LogP contribution >= 0.6 is 12.6 Å². The largest absolute Gasteiger partial charge is 0.492 e. The molecule has 1 aromatic carbocycles. The average Bonchev–Trinajstić information content (AvgIpc) is 2.02. The highest BCUT2D eigenvalue weighted by molar-refractivity contribution is 7.96. The summed E-state index contributed by atoms with van der Waals surface area (Å²) in [7, 11) is 0. The zero-order valence-electron chi connectivity index (χ0n) is 6.82. The summed E-state index contributed by atoms with van der Waals surface area (Å²) in [5.74, 6) is 0. The van der Waals surface area contributed by atoms with Gasteiger partial charge in [0, 0.05) is 0 Å². The number of hydrogen-bond acceptors (Lipinski definition) is 1. The van der Waals surface area contributed by atoms with E-state index in [1.54, 1.807) is 6.07 Å². The molecule has 0 atom stereocenters. The first-order valence-corrected chi connectivity index (χ1v) is 4.02. The first-order valence-electron chi connectivity index (χ1n) is 3.58. The molecule has 1 aromatic rings. The Morgan fingerprint density at radius 1 is 1.21 bits per heavy atom. The van der Waals surface area contributed by atoms with E-state index in [1.807, 2.05) is 0 Å². The van der Waals surface area contributed by atoms with Crippen LogP contribution in [-0.4, -0.2) is 11.5 Å². The van der Waals surface area contributed by atoms with Gasteiger partial charge in [-0.2, -0.15) is 0 Å². The highest BCUT2D eigenvalue weighted by Crippen LogP contribution is 2.29. The Labute approximate surface area is 83.7 Å². The van der Waals surface area contributed by atoms with E-state index >= 15 is 0 Å². The number of para-hydroxylation sites is 1. The van der Waals surface area contributed by atoms with Crippen molar-refractivity contribution in [2.24, 2.45) is 0 Å². The molecule has 0 aliphatic carbocycles. The number of nitrogens with zero attached hydrogens (tertiary/aromatic N) is 1. The topological polar surface area (TPSA) is 20.3 Å². The number of carbonyl (C=O) groups is 1. The molecule has 0 saturated heterocycles. The molecule has 0 radical (unpaired) electrons. The van der Waals surface area contributed by atoms with Gasteiger partial charge in [-0.3, -0.25) is 4.79 Å². The minimum Gasteiger partial charge on any atom is -0.261 e. The van der Waals surface area contributed by atoms with Crippen molar-refractivity contribution in [1.82, 2.24) is 0 Å². The summed E-state index contributed by atoms with van der Waals surface area (Å²) < 4.78 is 36.9. The lowest BCUT2D eigenvalue weighted by molar-refractivity contribution is -0.119. The molecule has 2 nitrogen and oxygen atoms in total. The Kier molecular flexibility index (Phi) is 3.05. The zero-order valence-corrected chi connectivity index (χ0v) is 7.72. The van der Waals surface area contributed by atoms with Crippen molar-refractivity contribution in [2.45, 2.75) is 6.30 Å². The molecule has 6 heteroatoms. The standard InChI is InChI=1S/C8H6F3NOS/c9-8(10,11)12(7(13)14)6-4-2-1-3-5-6/h1-5H,(H,13,14). The molecule has 0 aromatic heterocycles. The van der Waals surface area contributed by atoms with Gasteiger partial charge in [0.15, 0.2) is 0 Å². The monoisotopic (exact) mass is 221 g/mol. The Morgan fingerprint density at radius 2 is 1.71 bits per heavy atom. The van der Waals surface area contributed by atoms with Gasteiger partial charge < -0.3 is 0 Å². The Bertz CT molecular complexity index is 325. The third-order valence-electron chi connectivity index (χ3n) is 1.46. The van der Waals surface area contributed by atoms with Crippen molar-refractivity contribution in [3.8, 4) is 0 Å². The molecule has 0 N–H and O–H groups in total. The molecule has 0 bridgehead atoms. The molecule has 0 fully saturated rings. The molecule has 14 heavy (non-hydrogen) atoms. The Hall–Kier alpha value is -1.17. The summed E-state index contributed by atoms with van der Waals surface area (Å²) >= 11 is 3.16. The van der Waals surface area contributed by atoms with Crippen molar-refractivity contribution in [1.29, 1.82) is 0 Å². The lowest BCUT2D eigenvalue weighted by atomic mass is 10.3. The van der Waals surface area contributed by atoms with Gasteiger partial charge in [0.1, 0.15) is 0 Å². The Balaban J connectivity index is 3.08. The van der Waals surface area contributed by atoms with Crippen LogP contribution in [0.25, 0.3) is 0 Å². The molecule has 0 saturated carbocycles. The third-order valence-corrected chi connectivity index (χ3v) is 1.66. The summed E-state index contributed by atoms with van der Waals surface area (Å²) in [4.78, 5) is 10.3. The first-order chi connectivity index (χ1) is 6.43. The summed E-state index contributed by atoms with van der Waals surface area (Å²) in [6, 6.07) is 6.74. The van der Waals surface area contributed by atoms with E-state index in [9.17, 15) is 18.0 Å². The molecular weight excluding hydrogens is 215 g/mol. The third kappa shape index (κ3) is 2.41. The minimum atomic E-state index is -4.75. The van der Waals surface area contributed by atoms with E-state index < -0.39 is 11.5 Å². The molecule has 76 valence electrons. The minimum absolute atomic E-state index is 0.250. The van der Waals surface area contributed by atoms with Crippen molar-refractivity contribution in [2.75, 3.05) is 4.90 Å². The molecular formula is C8H6F3NOS. The van der Waals surface area contributed by atoms with Crippen LogP contribution < -0.4 is 4.90 Å². The van der Waals surface area contributed by atoms with Gasteiger partial charge in [-0.1, -0.05) is 30.8 Å². The average molecular weight is 221 g/mol. The number of rotatable bonds is 1. The molecule has 0 aliphatic heterocycles. The number of anilines is 1. The smallest absolute Gasteiger partial charge is 0.261 e. The predicted octanol–water partition coefficient (Wildman–Crippen LogP) is 3.06. The summed E-state index contributed by atoms with van der Waals surface area (Å²) in [5.41, 5.74) is -0.250. The summed E-state index contributed by atoms with van der Waals surface area (Å²) in [6.45, 7) is 0. The fourth-order valence-corrected chi connectivity index (χ4v) is 1.17. The quantitative estimate of drug-likeness (QED) is 0.570. The van der Waals surface area contributed by atoms with Gasteiger partial charge >= 0.3 is 6.30 Å². The first kappa shape index (κ1) is 10.9. The number of benzene rings is 1. The second-order valence-corrected chi connectivity index (χ2v) is 2.80. The van der Waals surface area contributed by atoms with Crippen molar-refractivity contribution >= 4 is 23.6 Å². The van der Waals surface area contributed by atoms with Crippen molar-refractivity contribution in [3.05, 3.63) is 30.3 Å². The predicted molar refractivity (Wildman–Crippen MR) is 49.4 cm³/mol. The normalized spacial score (nSPS) is 11.1. The van der Waals surface area contributed by atoms with E-state index in [0.29, 0.717) is 0 Å². The van der Waals surface area contributed by atoms with Crippen LogP contribution in [0.1, 0.15) is 0 Å². The van der Waals surface area contributed by atoms with Gasteiger partial charge in [-0.25, -0.2) is 4.90 Å². The number of thiol groups is 1.